The first kappa shape index (κ1) is 24.0. The molecule has 0 atom stereocenters. The molecule has 7 nitrogen and oxygen atoms in total. The number of hydrogen-bond acceptors (Lipinski definition) is 5. The van der Waals surface area contributed by atoms with E-state index in [2.05, 4.69) is 15.8 Å². The summed E-state index contributed by atoms with van der Waals surface area (Å²) in [5.41, 5.74) is 4.48. The Bertz CT molecular complexity index is 1200. The molecule has 0 unspecified atom stereocenters. The summed E-state index contributed by atoms with van der Waals surface area (Å²) in [5.74, 6) is 0.196. The Kier molecular flexibility index (Phi) is 8.76. The number of amides is 2. The topological polar surface area (TPSA) is 89.0 Å². The molecule has 0 saturated heterocycles. The van der Waals surface area contributed by atoms with Gasteiger partial charge in [0.2, 0.25) is 0 Å². The third-order valence-corrected chi connectivity index (χ3v) is 4.69. The Hall–Kier alpha value is -4.65. The second-order valence-electron chi connectivity index (χ2n) is 6.98. The van der Waals surface area contributed by atoms with Gasteiger partial charge in [-0.3, -0.25) is 9.59 Å². The molecule has 0 aromatic heterocycles. The molecule has 0 aliphatic carbocycles. The molecule has 0 aliphatic heterocycles. The zero-order chi connectivity index (χ0) is 24.2. The van der Waals surface area contributed by atoms with Gasteiger partial charge in [-0.1, -0.05) is 60.7 Å². The van der Waals surface area contributed by atoms with Gasteiger partial charge >= 0.3 is 0 Å². The number of carbonyl (C=O) groups is 2. The fraction of sp³-hybridized carbons (Fsp3) is 0.0741. The van der Waals surface area contributed by atoms with Crippen molar-refractivity contribution in [3.05, 3.63) is 113 Å². The van der Waals surface area contributed by atoms with Crippen molar-refractivity contribution < 1.29 is 19.1 Å². The van der Waals surface area contributed by atoms with E-state index in [9.17, 15) is 9.59 Å². The van der Waals surface area contributed by atoms with Crippen molar-refractivity contribution in [3.63, 3.8) is 0 Å². The van der Waals surface area contributed by atoms with E-state index in [1.54, 1.807) is 55.7 Å². The SMILES string of the molecule is COc1ccc(OC)c(C=NNC(=O)C(=CC=Cc2ccccc2)NC(=O)c2ccccc2)c1. The molecule has 172 valence electrons. The Morgan fingerprint density at radius 1 is 0.882 bits per heavy atom. The Balaban J connectivity index is 1.78. The molecule has 0 saturated carbocycles. The van der Waals surface area contributed by atoms with Gasteiger partial charge in [0.05, 0.1) is 20.4 Å². The van der Waals surface area contributed by atoms with E-state index in [0.29, 0.717) is 22.6 Å². The van der Waals surface area contributed by atoms with Crippen LogP contribution in [0.1, 0.15) is 21.5 Å². The molecule has 7 heteroatoms. The number of benzene rings is 3. The Labute approximate surface area is 198 Å². The maximum atomic E-state index is 12.8. The first-order chi connectivity index (χ1) is 16.6. The van der Waals surface area contributed by atoms with E-state index in [0.717, 1.165) is 5.56 Å². The number of carbonyl (C=O) groups excluding carboxylic acids is 2. The molecule has 0 spiro atoms. The van der Waals surface area contributed by atoms with Gasteiger partial charge in [-0.2, -0.15) is 5.10 Å². The minimum Gasteiger partial charge on any atom is -0.497 e. The summed E-state index contributed by atoms with van der Waals surface area (Å²) in [5, 5.41) is 6.67. The van der Waals surface area contributed by atoms with Crippen molar-refractivity contribution in [2.75, 3.05) is 14.2 Å². The van der Waals surface area contributed by atoms with Gasteiger partial charge in [0.25, 0.3) is 11.8 Å². The maximum absolute atomic E-state index is 12.8. The number of allylic oxidation sites excluding steroid dienone is 2. The van der Waals surface area contributed by atoms with E-state index < -0.39 is 11.8 Å². The summed E-state index contributed by atoms with van der Waals surface area (Å²) < 4.78 is 10.5. The molecule has 0 fully saturated rings. The van der Waals surface area contributed by atoms with Crippen LogP contribution < -0.4 is 20.2 Å². The van der Waals surface area contributed by atoms with Crippen LogP contribution in [0.4, 0.5) is 0 Å². The van der Waals surface area contributed by atoms with Crippen molar-refractivity contribution >= 4 is 24.1 Å². The largest absolute Gasteiger partial charge is 0.497 e. The molecular formula is C27H25N3O4. The third-order valence-electron chi connectivity index (χ3n) is 4.69. The maximum Gasteiger partial charge on any atom is 0.287 e. The molecule has 3 rings (SSSR count). The summed E-state index contributed by atoms with van der Waals surface area (Å²) in [6, 6.07) is 23.5. The zero-order valence-electron chi connectivity index (χ0n) is 18.9. The highest BCUT2D eigenvalue weighted by molar-refractivity contribution is 6.03. The van der Waals surface area contributed by atoms with Gasteiger partial charge in [0.1, 0.15) is 17.2 Å². The number of hydrazone groups is 1. The smallest absolute Gasteiger partial charge is 0.287 e. The minimum atomic E-state index is -0.583. The molecule has 3 aromatic carbocycles. The van der Waals surface area contributed by atoms with Crippen LogP contribution in [0, 0.1) is 0 Å². The summed E-state index contributed by atoms with van der Waals surface area (Å²) in [4.78, 5) is 25.4. The minimum absolute atomic E-state index is 0.0378. The van der Waals surface area contributed by atoms with Gasteiger partial charge in [-0.15, -0.1) is 0 Å². The van der Waals surface area contributed by atoms with Crippen molar-refractivity contribution in [1.82, 2.24) is 10.7 Å². The van der Waals surface area contributed by atoms with Gasteiger partial charge in [0, 0.05) is 11.1 Å². The zero-order valence-corrected chi connectivity index (χ0v) is 18.9. The molecular weight excluding hydrogens is 430 g/mol. The van der Waals surface area contributed by atoms with E-state index in [1.165, 1.54) is 19.4 Å². The first-order valence-electron chi connectivity index (χ1n) is 10.5. The normalized spacial score (nSPS) is 11.4. The second-order valence-corrected chi connectivity index (χ2v) is 6.98. The summed E-state index contributed by atoms with van der Waals surface area (Å²) in [6.45, 7) is 0. The predicted molar refractivity (Wildman–Crippen MR) is 133 cm³/mol. The van der Waals surface area contributed by atoms with Crippen LogP contribution in [-0.2, 0) is 4.79 Å². The lowest BCUT2D eigenvalue weighted by molar-refractivity contribution is -0.117. The quantitative estimate of drug-likeness (QED) is 0.219. The van der Waals surface area contributed by atoms with Crippen molar-refractivity contribution in [2.45, 2.75) is 0 Å². The summed E-state index contributed by atoms with van der Waals surface area (Å²) >= 11 is 0. The van der Waals surface area contributed by atoms with Crippen LogP contribution >= 0.6 is 0 Å². The average molecular weight is 456 g/mol. The number of methoxy groups -OCH3 is 2. The number of nitrogens with zero attached hydrogens (tertiary/aromatic N) is 1. The van der Waals surface area contributed by atoms with E-state index in [-0.39, 0.29) is 5.70 Å². The number of hydrogen-bond donors (Lipinski definition) is 2. The van der Waals surface area contributed by atoms with E-state index in [4.69, 9.17) is 9.47 Å². The van der Waals surface area contributed by atoms with Gasteiger partial charge in [0.15, 0.2) is 0 Å². The monoisotopic (exact) mass is 455 g/mol. The van der Waals surface area contributed by atoms with Crippen LogP contribution in [0.5, 0.6) is 11.5 Å². The molecule has 0 bridgehead atoms. The van der Waals surface area contributed by atoms with Crippen molar-refractivity contribution in [3.8, 4) is 11.5 Å². The van der Waals surface area contributed by atoms with Gasteiger partial charge in [-0.05, 0) is 42.0 Å². The molecule has 0 aliphatic rings. The molecule has 2 amide bonds. The fourth-order valence-electron chi connectivity index (χ4n) is 2.94. The Morgan fingerprint density at radius 2 is 1.59 bits per heavy atom. The van der Waals surface area contributed by atoms with Crippen molar-refractivity contribution in [1.29, 1.82) is 0 Å². The number of nitrogens with one attached hydrogen (secondary N) is 2. The molecule has 2 N–H and O–H groups in total. The highest BCUT2D eigenvalue weighted by Crippen LogP contribution is 2.22. The lowest BCUT2D eigenvalue weighted by atomic mass is 10.2. The molecule has 3 aromatic rings. The first-order valence-corrected chi connectivity index (χ1v) is 10.5. The number of rotatable bonds is 9. The van der Waals surface area contributed by atoms with E-state index in [1.807, 2.05) is 42.5 Å². The summed E-state index contributed by atoms with van der Waals surface area (Å²) in [7, 11) is 3.09. The van der Waals surface area contributed by atoms with Crippen LogP contribution in [0.2, 0.25) is 0 Å². The van der Waals surface area contributed by atoms with Crippen LogP contribution in [0.3, 0.4) is 0 Å². The van der Waals surface area contributed by atoms with Gasteiger partial charge < -0.3 is 14.8 Å². The predicted octanol–water partition coefficient (Wildman–Crippen LogP) is 4.18. The van der Waals surface area contributed by atoms with Gasteiger partial charge in [-0.25, -0.2) is 5.43 Å². The Morgan fingerprint density at radius 3 is 2.26 bits per heavy atom. The summed E-state index contributed by atoms with van der Waals surface area (Å²) in [6.07, 6.45) is 6.47. The molecule has 0 heterocycles. The highest BCUT2D eigenvalue weighted by Gasteiger charge is 2.13. The van der Waals surface area contributed by atoms with Crippen LogP contribution in [0.25, 0.3) is 6.08 Å². The van der Waals surface area contributed by atoms with E-state index >= 15 is 0 Å². The lowest BCUT2D eigenvalue weighted by Crippen LogP contribution is -2.32. The highest BCUT2D eigenvalue weighted by atomic mass is 16.5. The van der Waals surface area contributed by atoms with Crippen LogP contribution in [0.15, 0.2) is 102 Å². The average Bonchev–Trinajstić information content (AvgIpc) is 2.89. The number of ether oxygens (including phenoxy) is 2. The van der Waals surface area contributed by atoms with Crippen LogP contribution in [-0.4, -0.2) is 32.2 Å². The lowest BCUT2D eigenvalue weighted by Gasteiger charge is -2.09. The second kappa shape index (κ2) is 12.4. The standard InChI is InChI=1S/C27H25N3O4/c1-33-23-16-17-25(34-2)22(18-23)19-28-30-27(32)24(15-9-12-20-10-5-3-6-11-20)29-26(31)21-13-7-4-8-14-21/h3-19H,1-2H3,(H,29,31)(H,30,32). The molecule has 34 heavy (non-hydrogen) atoms. The molecule has 0 radical (unpaired) electrons. The van der Waals surface area contributed by atoms with Crippen molar-refractivity contribution in [2.24, 2.45) is 5.10 Å². The third kappa shape index (κ3) is 6.93. The fourth-order valence-corrected chi connectivity index (χ4v) is 2.94.